The van der Waals surface area contributed by atoms with Gasteiger partial charge in [0.15, 0.2) is 0 Å². The van der Waals surface area contributed by atoms with Crippen LogP contribution in [-0.2, 0) is 25.3 Å². The molecule has 1 aromatic carbocycles. The normalized spacial score (nSPS) is 12.7. The number of hydrogen-bond acceptors (Lipinski definition) is 6. The number of carbonyl (C=O) groups excluding carboxylic acids is 1. The monoisotopic (exact) mass is 317 g/mol. The van der Waals surface area contributed by atoms with Gasteiger partial charge in [0, 0.05) is 0 Å². The lowest BCUT2D eigenvalue weighted by Crippen LogP contribution is -2.44. The second kappa shape index (κ2) is 7.16. The van der Waals surface area contributed by atoms with Crippen LogP contribution in [0.5, 0.6) is 0 Å². The fourth-order valence-corrected chi connectivity index (χ4v) is 2.88. The molecule has 0 saturated heterocycles. The molecular weight excluding hydrogens is 302 g/mol. The van der Waals surface area contributed by atoms with Gasteiger partial charge < -0.3 is 14.9 Å². The van der Waals surface area contributed by atoms with Crippen molar-refractivity contribution in [2.24, 2.45) is 0 Å². The molecule has 21 heavy (non-hydrogen) atoms. The molecule has 0 aliphatic carbocycles. The molecule has 0 radical (unpaired) electrons. The third-order valence-corrected chi connectivity index (χ3v) is 3.88. The van der Waals surface area contributed by atoms with Crippen LogP contribution in [-0.4, -0.2) is 50.3 Å². The third-order valence-electron chi connectivity index (χ3n) is 2.52. The van der Waals surface area contributed by atoms with E-state index in [4.69, 9.17) is 10.2 Å². The van der Waals surface area contributed by atoms with Crippen LogP contribution < -0.4 is 4.72 Å². The van der Waals surface area contributed by atoms with E-state index in [2.05, 4.69) is 4.74 Å². The smallest absolute Gasteiger partial charge is 0.335 e. The summed E-state index contributed by atoms with van der Waals surface area (Å²) in [5.41, 5.74) is 0.193. The maximum Gasteiger partial charge on any atom is 0.335 e. The summed E-state index contributed by atoms with van der Waals surface area (Å²) in [6.45, 7) is -0.749. The molecule has 1 rings (SSSR count). The summed E-state index contributed by atoms with van der Waals surface area (Å²) in [6.07, 6.45) is 0. The maximum atomic E-state index is 11.9. The molecule has 9 heteroatoms. The molecule has 0 aromatic heterocycles. The van der Waals surface area contributed by atoms with Crippen LogP contribution in [0.1, 0.15) is 15.9 Å². The number of rotatable bonds is 7. The van der Waals surface area contributed by atoms with Crippen molar-refractivity contribution in [2.75, 3.05) is 13.7 Å². The highest BCUT2D eigenvalue weighted by Gasteiger charge is 2.24. The van der Waals surface area contributed by atoms with E-state index in [0.29, 0.717) is 0 Å². The summed E-state index contributed by atoms with van der Waals surface area (Å²) in [4.78, 5) is 22.0. The van der Waals surface area contributed by atoms with Gasteiger partial charge in [-0.15, -0.1) is 0 Å². The van der Waals surface area contributed by atoms with Crippen molar-refractivity contribution >= 4 is 22.0 Å². The molecule has 0 aliphatic heterocycles. The molecule has 3 N–H and O–H groups in total. The Labute approximate surface area is 121 Å². The fraction of sp³-hybridized carbons (Fsp3) is 0.333. The number of carboxylic acid groups (broad SMARTS) is 1. The lowest BCUT2D eigenvalue weighted by molar-refractivity contribution is -0.143. The maximum absolute atomic E-state index is 11.9. The largest absolute Gasteiger partial charge is 0.478 e. The van der Waals surface area contributed by atoms with Crippen LogP contribution in [0.2, 0.25) is 0 Å². The Morgan fingerprint density at radius 3 is 2.57 bits per heavy atom. The molecule has 0 fully saturated rings. The minimum absolute atomic E-state index is 0.0469. The predicted octanol–water partition coefficient (Wildman–Crippen LogP) is -0.662. The summed E-state index contributed by atoms with van der Waals surface area (Å²) < 4.78 is 30.1. The number of benzene rings is 1. The number of carboxylic acids is 1. The zero-order valence-corrected chi connectivity index (χ0v) is 12.0. The number of carbonyl (C=O) groups is 2. The van der Waals surface area contributed by atoms with E-state index in [1.165, 1.54) is 24.3 Å². The molecule has 8 nitrogen and oxygen atoms in total. The average molecular weight is 317 g/mol. The number of hydrogen-bond donors (Lipinski definition) is 3. The standard InChI is InChI=1S/C12H15NO7S/c1-20-12(17)10(6-14)13-21(18,19)7-8-3-2-4-9(5-8)11(15)16/h2-5,10,13-14H,6-7H2,1H3,(H,15,16). The minimum atomic E-state index is -3.95. The van der Waals surface area contributed by atoms with Crippen molar-refractivity contribution in [1.82, 2.24) is 4.72 Å². The molecular formula is C12H15NO7S. The Kier molecular flexibility index (Phi) is 5.82. The highest BCUT2D eigenvalue weighted by molar-refractivity contribution is 7.88. The zero-order chi connectivity index (χ0) is 16.0. The van der Waals surface area contributed by atoms with Crippen LogP contribution in [0.15, 0.2) is 24.3 Å². The third kappa shape index (κ3) is 5.14. The van der Waals surface area contributed by atoms with Gasteiger partial charge in [-0.05, 0) is 17.7 Å². The van der Waals surface area contributed by atoms with Gasteiger partial charge in [0.05, 0.1) is 25.0 Å². The Morgan fingerprint density at radius 2 is 2.05 bits per heavy atom. The second-order valence-corrected chi connectivity index (χ2v) is 5.89. The molecule has 0 spiro atoms. The summed E-state index contributed by atoms with van der Waals surface area (Å²) in [7, 11) is -2.88. The van der Waals surface area contributed by atoms with Crippen LogP contribution >= 0.6 is 0 Å². The topological polar surface area (TPSA) is 130 Å². The van der Waals surface area contributed by atoms with Gasteiger partial charge in [-0.1, -0.05) is 12.1 Å². The van der Waals surface area contributed by atoms with E-state index in [9.17, 15) is 18.0 Å². The molecule has 1 atom stereocenters. The molecule has 0 saturated carbocycles. The van der Waals surface area contributed by atoms with Crippen molar-refractivity contribution in [3.8, 4) is 0 Å². The van der Waals surface area contributed by atoms with E-state index in [1.54, 1.807) is 0 Å². The number of methoxy groups -OCH3 is 1. The van der Waals surface area contributed by atoms with Gasteiger partial charge >= 0.3 is 11.9 Å². The Balaban J connectivity index is 2.87. The van der Waals surface area contributed by atoms with Gasteiger partial charge in [-0.2, -0.15) is 4.72 Å². The van der Waals surface area contributed by atoms with E-state index in [0.717, 1.165) is 7.11 Å². The SMILES string of the molecule is COC(=O)C(CO)NS(=O)(=O)Cc1cccc(C(=O)O)c1. The lowest BCUT2D eigenvalue weighted by Gasteiger charge is -2.14. The first kappa shape index (κ1) is 17.1. The van der Waals surface area contributed by atoms with Crippen LogP contribution in [0, 0.1) is 0 Å². The average Bonchev–Trinajstić information content (AvgIpc) is 2.43. The first-order valence-corrected chi connectivity index (χ1v) is 7.45. The first-order chi connectivity index (χ1) is 9.79. The van der Waals surface area contributed by atoms with E-state index in [1.807, 2.05) is 4.72 Å². The number of ether oxygens (including phenoxy) is 1. The van der Waals surface area contributed by atoms with Crippen LogP contribution in [0.4, 0.5) is 0 Å². The molecule has 0 amide bonds. The first-order valence-electron chi connectivity index (χ1n) is 5.80. The second-order valence-electron chi connectivity index (χ2n) is 4.14. The number of nitrogens with one attached hydrogen (secondary N) is 1. The highest BCUT2D eigenvalue weighted by Crippen LogP contribution is 2.09. The van der Waals surface area contributed by atoms with Crippen molar-refractivity contribution in [3.05, 3.63) is 35.4 Å². The molecule has 1 unspecified atom stereocenters. The van der Waals surface area contributed by atoms with Crippen LogP contribution in [0.25, 0.3) is 0 Å². The van der Waals surface area contributed by atoms with E-state index < -0.39 is 40.4 Å². The summed E-state index contributed by atoms with van der Waals surface area (Å²) in [5.74, 6) is -2.62. The predicted molar refractivity (Wildman–Crippen MR) is 72.1 cm³/mol. The van der Waals surface area contributed by atoms with Gasteiger partial charge in [0.1, 0.15) is 6.04 Å². The summed E-state index contributed by atoms with van der Waals surface area (Å²) >= 11 is 0. The van der Waals surface area contributed by atoms with Crippen molar-refractivity contribution < 1.29 is 33.0 Å². The van der Waals surface area contributed by atoms with E-state index >= 15 is 0 Å². The van der Waals surface area contributed by atoms with Crippen molar-refractivity contribution in [3.63, 3.8) is 0 Å². The Hall–Kier alpha value is -1.97. The van der Waals surface area contributed by atoms with Gasteiger partial charge in [-0.25, -0.2) is 13.2 Å². The number of esters is 1. The molecule has 0 heterocycles. The van der Waals surface area contributed by atoms with Gasteiger partial charge in [-0.3, -0.25) is 4.79 Å². The summed E-state index contributed by atoms with van der Waals surface area (Å²) in [5, 5.41) is 17.8. The number of aliphatic hydroxyl groups excluding tert-OH is 1. The lowest BCUT2D eigenvalue weighted by atomic mass is 10.1. The Morgan fingerprint density at radius 1 is 1.38 bits per heavy atom. The molecule has 1 aromatic rings. The van der Waals surface area contributed by atoms with Crippen molar-refractivity contribution in [1.29, 1.82) is 0 Å². The highest BCUT2D eigenvalue weighted by atomic mass is 32.2. The fourth-order valence-electron chi connectivity index (χ4n) is 1.57. The molecule has 0 aliphatic rings. The summed E-state index contributed by atoms with van der Waals surface area (Å²) in [6, 6.07) is 4.00. The number of aromatic carboxylic acids is 1. The van der Waals surface area contributed by atoms with Crippen molar-refractivity contribution in [2.45, 2.75) is 11.8 Å². The van der Waals surface area contributed by atoms with Gasteiger partial charge in [0.2, 0.25) is 10.0 Å². The van der Waals surface area contributed by atoms with Crippen LogP contribution in [0.3, 0.4) is 0 Å². The number of aliphatic hydroxyl groups is 1. The number of sulfonamides is 1. The minimum Gasteiger partial charge on any atom is -0.478 e. The molecule has 0 bridgehead atoms. The van der Waals surface area contributed by atoms with E-state index in [-0.39, 0.29) is 11.1 Å². The zero-order valence-electron chi connectivity index (χ0n) is 11.1. The van der Waals surface area contributed by atoms with Gasteiger partial charge in [0.25, 0.3) is 0 Å². The quantitative estimate of drug-likeness (QED) is 0.569. The molecule has 116 valence electrons. The Bertz CT molecular complexity index is 626.